The van der Waals surface area contributed by atoms with Crippen LogP contribution in [-0.4, -0.2) is 14.9 Å². The van der Waals surface area contributed by atoms with Gasteiger partial charge in [-0.15, -0.1) is 0 Å². The molecule has 0 spiro atoms. The molecule has 0 fully saturated rings. The van der Waals surface area contributed by atoms with Gasteiger partial charge in [0.1, 0.15) is 12.0 Å². The largest absolute Gasteiger partial charge is 0.383 e. The van der Waals surface area contributed by atoms with Crippen LogP contribution in [0.3, 0.4) is 0 Å². The van der Waals surface area contributed by atoms with E-state index in [-0.39, 0.29) is 11.5 Å². The molecule has 2 heterocycles. The predicted octanol–water partition coefficient (Wildman–Crippen LogP) is 1.63. The first kappa shape index (κ1) is 10.0. The lowest BCUT2D eigenvalue weighted by Crippen LogP contribution is -1.97. The zero-order chi connectivity index (χ0) is 11.5. The SMILES string of the molecule is Nc1ncc([N+](=O)[O-])cc1-c1cccnc1. The van der Waals surface area contributed by atoms with Crippen LogP contribution >= 0.6 is 0 Å². The summed E-state index contributed by atoms with van der Waals surface area (Å²) in [6.45, 7) is 0. The third-order valence-corrected chi connectivity index (χ3v) is 2.09. The number of hydrogen-bond acceptors (Lipinski definition) is 5. The molecular weight excluding hydrogens is 208 g/mol. The molecule has 80 valence electrons. The van der Waals surface area contributed by atoms with E-state index in [0.29, 0.717) is 11.1 Å². The molecule has 6 nitrogen and oxygen atoms in total. The van der Waals surface area contributed by atoms with Gasteiger partial charge in [0.25, 0.3) is 5.69 Å². The molecule has 16 heavy (non-hydrogen) atoms. The maximum Gasteiger partial charge on any atom is 0.288 e. The Balaban J connectivity index is 2.56. The number of hydrogen-bond donors (Lipinski definition) is 1. The van der Waals surface area contributed by atoms with Crippen molar-refractivity contribution in [3.8, 4) is 11.1 Å². The van der Waals surface area contributed by atoms with Gasteiger partial charge in [-0.2, -0.15) is 0 Å². The van der Waals surface area contributed by atoms with Gasteiger partial charge in [0.15, 0.2) is 0 Å². The molecule has 0 saturated carbocycles. The van der Waals surface area contributed by atoms with Crippen molar-refractivity contribution < 1.29 is 4.92 Å². The van der Waals surface area contributed by atoms with Crippen molar-refractivity contribution in [2.75, 3.05) is 5.73 Å². The highest BCUT2D eigenvalue weighted by molar-refractivity contribution is 5.74. The molecular formula is C10H8N4O2. The smallest absolute Gasteiger partial charge is 0.288 e. The fourth-order valence-corrected chi connectivity index (χ4v) is 1.32. The van der Waals surface area contributed by atoms with Gasteiger partial charge < -0.3 is 5.73 Å². The van der Waals surface area contributed by atoms with Crippen LogP contribution in [-0.2, 0) is 0 Å². The molecule has 0 saturated heterocycles. The van der Waals surface area contributed by atoms with Gasteiger partial charge in [0.05, 0.1) is 4.92 Å². The topological polar surface area (TPSA) is 94.9 Å². The molecule has 2 aromatic heterocycles. The Kier molecular flexibility index (Phi) is 2.47. The van der Waals surface area contributed by atoms with Crippen molar-refractivity contribution in [1.29, 1.82) is 0 Å². The molecule has 0 aromatic carbocycles. The van der Waals surface area contributed by atoms with E-state index < -0.39 is 4.92 Å². The van der Waals surface area contributed by atoms with Crippen molar-refractivity contribution >= 4 is 11.5 Å². The molecule has 0 amide bonds. The van der Waals surface area contributed by atoms with Crippen LogP contribution in [0.25, 0.3) is 11.1 Å². The Morgan fingerprint density at radius 3 is 2.81 bits per heavy atom. The lowest BCUT2D eigenvalue weighted by Gasteiger charge is -2.03. The number of nitro groups is 1. The summed E-state index contributed by atoms with van der Waals surface area (Å²) in [4.78, 5) is 17.8. The fraction of sp³-hybridized carbons (Fsp3) is 0. The highest BCUT2D eigenvalue weighted by Gasteiger charge is 2.11. The van der Waals surface area contributed by atoms with E-state index in [0.717, 1.165) is 6.20 Å². The standard InChI is InChI=1S/C10H8N4O2/c11-10-9(7-2-1-3-12-5-7)4-8(6-13-10)14(15)16/h1-6H,(H2,11,13). The van der Waals surface area contributed by atoms with E-state index in [2.05, 4.69) is 9.97 Å². The molecule has 0 unspecified atom stereocenters. The minimum absolute atomic E-state index is 0.0898. The quantitative estimate of drug-likeness (QED) is 0.608. The van der Waals surface area contributed by atoms with Crippen LogP contribution in [0.5, 0.6) is 0 Å². The number of nitrogens with two attached hydrogens (primary N) is 1. The molecule has 6 heteroatoms. The van der Waals surface area contributed by atoms with E-state index in [1.54, 1.807) is 24.5 Å². The van der Waals surface area contributed by atoms with Gasteiger partial charge in [-0.3, -0.25) is 15.1 Å². The highest BCUT2D eigenvalue weighted by Crippen LogP contribution is 2.26. The summed E-state index contributed by atoms with van der Waals surface area (Å²) < 4.78 is 0. The molecule has 0 aliphatic heterocycles. The van der Waals surface area contributed by atoms with Crippen LogP contribution in [0, 0.1) is 10.1 Å². The maximum absolute atomic E-state index is 10.6. The summed E-state index contributed by atoms with van der Waals surface area (Å²) in [7, 11) is 0. The second kappa shape index (κ2) is 3.93. The number of rotatable bonds is 2. The lowest BCUT2D eigenvalue weighted by atomic mass is 10.1. The van der Waals surface area contributed by atoms with Gasteiger partial charge in [0, 0.05) is 29.6 Å². The monoisotopic (exact) mass is 216 g/mol. The molecule has 0 atom stereocenters. The first-order valence-corrected chi connectivity index (χ1v) is 4.49. The van der Waals surface area contributed by atoms with Crippen LogP contribution in [0.4, 0.5) is 11.5 Å². The van der Waals surface area contributed by atoms with Gasteiger partial charge in [-0.25, -0.2) is 4.98 Å². The number of pyridine rings is 2. The molecule has 0 bridgehead atoms. The Hall–Kier alpha value is -2.50. The molecule has 0 radical (unpaired) electrons. The Morgan fingerprint density at radius 2 is 2.19 bits per heavy atom. The zero-order valence-electron chi connectivity index (χ0n) is 8.20. The summed E-state index contributed by atoms with van der Waals surface area (Å²) in [6.07, 6.45) is 4.33. The van der Waals surface area contributed by atoms with Crippen LogP contribution in [0.1, 0.15) is 0 Å². The summed E-state index contributed by atoms with van der Waals surface area (Å²) in [5.74, 6) is 0.249. The van der Waals surface area contributed by atoms with Crippen LogP contribution in [0.15, 0.2) is 36.8 Å². The van der Waals surface area contributed by atoms with Gasteiger partial charge in [-0.05, 0) is 6.07 Å². The van der Waals surface area contributed by atoms with E-state index in [4.69, 9.17) is 5.73 Å². The number of nitrogens with zero attached hydrogens (tertiary/aromatic N) is 3. The third-order valence-electron chi connectivity index (χ3n) is 2.09. The first-order valence-electron chi connectivity index (χ1n) is 4.49. The van der Waals surface area contributed by atoms with Gasteiger partial charge in [-0.1, -0.05) is 6.07 Å². The van der Waals surface area contributed by atoms with E-state index in [9.17, 15) is 10.1 Å². The van der Waals surface area contributed by atoms with Crippen LogP contribution in [0.2, 0.25) is 0 Å². The Labute approximate surface area is 90.9 Å². The zero-order valence-corrected chi connectivity index (χ0v) is 8.20. The Morgan fingerprint density at radius 1 is 1.38 bits per heavy atom. The molecule has 2 rings (SSSR count). The minimum Gasteiger partial charge on any atom is -0.383 e. The third kappa shape index (κ3) is 1.81. The highest BCUT2D eigenvalue weighted by atomic mass is 16.6. The van der Waals surface area contributed by atoms with Gasteiger partial charge >= 0.3 is 0 Å². The number of aromatic nitrogens is 2. The number of anilines is 1. The van der Waals surface area contributed by atoms with Crippen molar-refractivity contribution in [2.45, 2.75) is 0 Å². The molecule has 0 aliphatic carbocycles. The molecule has 0 aliphatic rings. The van der Waals surface area contributed by atoms with E-state index >= 15 is 0 Å². The minimum atomic E-state index is -0.508. The molecule has 2 aromatic rings. The van der Waals surface area contributed by atoms with Crippen molar-refractivity contribution in [1.82, 2.24) is 9.97 Å². The lowest BCUT2D eigenvalue weighted by molar-refractivity contribution is -0.385. The normalized spacial score (nSPS) is 10.0. The van der Waals surface area contributed by atoms with Crippen molar-refractivity contribution in [3.05, 3.63) is 46.9 Å². The second-order valence-electron chi connectivity index (χ2n) is 3.13. The Bertz CT molecular complexity index is 528. The van der Waals surface area contributed by atoms with E-state index in [1.165, 1.54) is 6.07 Å². The molecule has 2 N–H and O–H groups in total. The predicted molar refractivity (Wildman–Crippen MR) is 58.5 cm³/mol. The average Bonchev–Trinajstić information content (AvgIpc) is 2.30. The van der Waals surface area contributed by atoms with E-state index in [1.807, 2.05) is 0 Å². The first-order chi connectivity index (χ1) is 7.68. The van der Waals surface area contributed by atoms with Gasteiger partial charge in [0.2, 0.25) is 0 Å². The summed E-state index contributed by atoms with van der Waals surface area (Å²) in [5.41, 5.74) is 6.79. The fourth-order valence-electron chi connectivity index (χ4n) is 1.32. The number of nitrogen functional groups attached to an aromatic ring is 1. The van der Waals surface area contributed by atoms with Crippen LogP contribution < -0.4 is 5.73 Å². The second-order valence-corrected chi connectivity index (χ2v) is 3.13. The average molecular weight is 216 g/mol. The summed E-state index contributed by atoms with van der Waals surface area (Å²) >= 11 is 0. The van der Waals surface area contributed by atoms with Crippen molar-refractivity contribution in [2.24, 2.45) is 0 Å². The van der Waals surface area contributed by atoms with Crippen molar-refractivity contribution in [3.63, 3.8) is 0 Å². The maximum atomic E-state index is 10.6. The summed E-state index contributed by atoms with van der Waals surface area (Å²) in [5, 5.41) is 10.6. The summed E-state index contributed by atoms with van der Waals surface area (Å²) in [6, 6.07) is 4.89.